The smallest absolute Gasteiger partial charge is 0.418 e. The van der Waals surface area contributed by atoms with E-state index in [1.165, 1.54) is 12.1 Å². The van der Waals surface area contributed by atoms with E-state index in [4.69, 9.17) is 54.3 Å². The summed E-state index contributed by atoms with van der Waals surface area (Å²) in [5, 5.41) is 9.52. The fourth-order valence-corrected chi connectivity index (χ4v) is 2.60. The Hall–Kier alpha value is -1.26. The third-order valence-corrected chi connectivity index (χ3v) is 4.61. The van der Waals surface area contributed by atoms with Crippen LogP contribution in [-0.4, -0.2) is 21.8 Å². The highest BCUT2D eigenvalue weighted by molar-refractivity contribution is 7.53. The minimum Gasteiger partial charge on any atom is -0.418 e. The second-order valence-electron chi connectivity index (χ2n) is 4.07. The predicted molar refractivity (Wildman–Crippen MR) is 82.1 cm³/mol. The van der Waals surface area contributed by atoms with E-state index in [2.05, 4.69) is 4.98 Å². The van der Waals surface area contributed by atoms with Crippen molar-refractivity contribution in [1.82, 2.24) is 4.98 Å². The Morgan fingerprint density at radius 1 is 1.36 bits per heavy atom. The van der Waals surface area contributed by atoms with Crippen LogP contribution >= 0.6 is 42.5 Å². The molecule has 7 nitrogen and oxygen atoms in total. The zero-order valence-corrected chi connectivity index (χ0v) is 14.0. The molecule has 2 aromatic rings. The first-order valence-corrected chi connectivity index (χ1v) is 8.20. The minimum absolute atomic E-state index is 0.0854. The lowest BCUT2D eigenvalue weighted by Gasteiger charge is -2.16. The Morgan fingerprint density at radius 3 is 2.55 bits per heavy atom. The lowest BCUT2D eigenvalue weighted by molar-refractivity contribution is 0.367. The van der Waals surface area contributed by atoms with Crippen molar-refractivity contribution in [1.29, 1.82) is 5.26 Å². The number of benzene rings is 1. The third kappa shape index (κ3) is 3.23. The summed E-state index contributed by atoms with van der Waals surface area (Å²) in [7, 11) is -3.60. The molecule has 116 valence electrons. The average molecular weight is 383 g/mol. The first kappa shape index (κ1) is 17.1. The SMILES string of the molecule is CN(c1oc(-c2cc(Cl)cc(Cl)c2Cl)nc1C#N)P(=O)(O)O. The van der Waals surface area contributed by atoms with Gasteiger partial charge in [0, 0.05) is 12.1 Å². The molecule has 11 heteroatoms. The summed E-state index contributed by atoms with van der Waals surface area (Å²) in [6, 6.07) is 4.50. The van der Waals surface area contributed by atoms with Gasteiger partial charge in [0.05, 0.1) is 15.6 Å². The van der Waals surface area contributed by atoms with Gasteiger partial charge in [0.25, 0.3) is 0 Å². The van der Waals surface area contributed by atoms with Crippen molar-refractivity contribution in [3.63, 3.8) is 0 Å². The van der Waals surface area contributed by atoms with E-state index in [9.17, 15) is 4.57 Å². The lowest BCUT2D eigenvalue weighted by atomic mass is 10.2. The molecule has 0 saturated carbocycles. The summed E-state index contributed by atoms with van der Waals surface area (Å²) >= 11 is 17.8. The first-order chi connectivity index (χ1) is 10.1. The van der Waals surface area contributed by atoms with Gasteiger partial charge in [-0.1, -0.05) is 34.8 Å². The first-order valence-electron chi connectivity index (χ1n) is 5.50. The van der Waals surface area contributed by atoms with Crippen molar-refractivity contribution in [2.75, 3.05) is 11.7 Å². The average Bonchev–Trinajstić information content (AvgIpc) is 2.84. The van der Waals surface area contributed by atoms with E-state index in [-0.39, 0.29) is 32.2 Å². The molecule has 1 aromatic carbocycles. The molecule has 22 heavy (non-hydrogen) atoms. The minimum atomic E-state index is -4.66. The van der Waals surface area contributed by atoms with E-state index in [1.54, 1.807) is 6.07 Å². The summed E-state index contributed by atoms with van der Waals surface area (Å²) < 4.78 is 17.0. The van der Waals surface area contributed by atoms with Crippen molar-refractivity contribution in [2.24, 2.45) is 0 Å². The summed E-state index contributed by atoms with van der Waals surface area (Å²) in [4.78, 5) is 22.2. The molecule has 0 fully saturated rings. The number of rotatable bonds is 3. The molecule has 1 aromatic heterocycles. The molecule has 0 aliphatic heterocycles. The topological polar surface area (TPSA) is 111 Å². The van der Waals surface area contributed by atoms with Crippen LogP contribution in [0.3, 0.4) is 0 Å². The maximum absolute atomic E-state index is 11.3. The molecule has 0 spiro atoms. The molecule has 0 bridgehead atoms. The summed E-state index contributed by atoms with van der Waals surface area (Å²) in [6.45, 7) is 0. The molecule has 0 amide bonds. The highest BCUT2D eigenvalue weighted by Gasteiger charge is 2.29. The third-order valence-electron chi connectivity index (χ3n) is 2.62. The van der Waals surface area contributed by atoms with Gasteiger partial charge in [-0.05, 0) is 12.1 Å². The van der Waals surface area contributed by atoms with Crippen LogP contribution in [0.2, 0.25) is 15.1 Å². The van der Waals surface area contributed by atoms with Crippen molar-refractivity contribution in [3.05, 3.63) is 32.9 Å². The van der Waals surface area contributed by atoms with Gasteiger partial charge >= 0.3 is 7.75 Å². The van der Waals surface area contributed by atoms with Gasteiger partial charge in [-0.2, -0.15) is 10.2 Å². The molecule has 1 heterocycles. The fourth-order valence-electron chi connectivity index (χ4n) is 1.55. The summed E-state index contributed by atoms with van der Waals surface area (Å²) in [5.41, 5.74) is -0.117. The number of anilines is 1. The number of halogens is 3. The van der Waals surface area contributed by atoms with Crippen molar-refractivity contribution in [3.8, 4) is 17.5 Å². The van der Waals surface area contributed by atoms with Crippen LogP contribution in [-0.2, 0) is 4.57 Å². The predicted octanol–water partition coefficient (Wildman–Crippen LogP) is 3.70. The van der Waals surface area contributed by atoms with E-state index >= 15 is 0 Å². The maximum Gasteiger partial charge on any atom is 0.432 e. The number of oxazole rings is 1. The van der Waals surface area contributed by atoms with Crippen molar-refractivity contribution >= 4 is 48.4 Å². The van der Waals surface area contributed by atoms with E-state index in [0.29, 0.717) is 4.67 Å². The van der Waals surface area contributed by atoms with Crippen LogP contribution in [0.15, 0.2) is 16.5 Å². The normalized spacial score (nSPS) is 11.3. The molecule has 0 radical (unpaired) electrons. The van der Waals surface area contributed by atoms with Crippen LogP contribution < -0.4 is 4.67 Å². The lowest BCUT2D eigenvalue weighted by Crippen LogP contribution is -2.12. The van der Waals surface area contributed by atoms with E-state index in [0.717, 1.165) is 7.05 Å². The zero-order valence-electron chi connectivity index (χ0n) is 10.8. The van der Waals surface area contributed by atoms with Gasteiger partial charge in [0.1, 0.15) is 6.07 Å². The molecule has 0 atom stereocenters. The van der Waals surface area contributed by atoms with Crippen molar-refractivity contribution in [2.45, 2.75) is 0 Å². The number of aromatic nitrogens is 1. The van der Waals surface area contributed by atoms with Gasteiger partial charge in [-0.3, -0.25) is 0 Å². The number of hydrogen-bond donors (Lipinski definition) is 2. The Balaban J connectivity index is 2.64. The maximum atomic E-state index is 11.3. The monoisotopic (exact) mass is 381 g/mol. The Kier molecular flexibility index (Phi) is 4.73. The van der Waals surface area contributed by atoms with Crippen LogP contribution in [0.25, 0.3) is 11.5 Å². The van der Waals surface area contributed by atoms with Gasteiger partial charge < -0.3 is 14.2 Å². The highest BCUT2D eigenvalue weighted by Crippen LogP contribution is 2.45. The second kappa shape index (κ2) is 6.09. The van der Waals surface area contributed by atoms with Crippen LogP contribution in [0.5, 0.6) is 0 Å². The molecule has 0 aliphatic rings. The van der Waals surface area contributed by atoms with Gasteiger partial charge in [0.15, 0.2) is 0 Å². The molecule has 2 rings (SSSR count). The van der Waals surface area contributed by atoms with Gasteiger partial charge in [0.2, 0.25) is 17.5 Å². The molecule has 0 aliphatic carbocycles. The van der Waals surface area contributed by atoms with E-state index in [1.807, 2.05) is 0 Å². The van der Waals surface area contributed by atoms with Gasteiger partial charge in [-0.25, -0.2) is 9.24 Å². The largest absolute Gasteiger partial charge is 0.432 e. The van der Waals surface area contributed by atoms with Crippen LogP contribution in [0.1, 0.15) is 5.69 Å². The quantitative estimate of drug-likeness (QED) is 0.615. The number of hydrogen-bond acceptors (Lipinski definition) is 4. The molecular formula is C11H7Cl3N3O4P. The molecular weight excluding hydrogens is 375 g/mol. The summed E-state index contributed by atoms with van der Waals surface area (Å²) in [6.07, 6.45) is 0. The van der Waals surface area contributed by atoms with E-state index < -0.39 is 13.6 Å². The summed E-state index contributed by atoms with van der Waals surface area (Å²) in [5.74, 6) is -0.528. The van der Waals surface area contributed by atoms with Gasteiger partial charge in [-0.15, -0.1) is 0 Å². The Bertz CT molecular complexity index is 827. The number of nitrogens with zero attached hydrogens (tertiary/aromatic N) is 3. The molecule has 0 unspecified atom stereocenters. The Labute approximate surface area is 139 Å². The number of nitriles is 1. The molecule has 0 saturated heterocycles. The van der Waals surface area contributed by atoms with Crippen LogP contribution in [0, 0.1) is 11.3 Å². The molecule has 2 N–H and O–H groups in total. The second-order valence-corrected chi connectivity index (χ2v) is 6.92. The fraction of sp³-hybridized carbons (Fsp3) is 0.0909. The Morgan fingerprint density at radius 2 is 2.00 bits per heavy atom. The zero-order chi connectivity index (χ0) is 16.7. The highest BCUT2D eigenvalue weighted by atomic mass is 35.5. The van der Waals surface area contributed by atoms with Crippen LogP contribution in [0.4, 0.5) is 5.88 Å². The standard InChI is InChI=1S/C11H7Cl3N3O4P/c1-17(22(18,19)20)11-8(4-15)16-10(21-11)6-2-5(12)3-7(13)9(6)14/h2-3H,1H3,(H2,18,19,20). The van der Waals surface area contributed by atoms with Crippen molar-refractivity contribution < 1.29 is 18.8 Å².